The molecule has 1 aliphatic carbocycles. The molecule has 0 atom stereocenters. The normalized spacial score (nSPS) is 18.4. The van der Waals surface area contributed by atoms with Crippen molar-refractivity contribution in [2.45, 2.75) is 18.4 Å². The van der Waals surface area contributed by atoms with Crippen LogP contribution in [0.15, 0.2) is 22.2 Å². The average Bonchev–Trinajstić information content (AvgIpc) is 2.73. The molecule has 0 aromatic carbocycles. The molecule has 2 aromatic heterocycles. The van der Waals surface area contributed by atoms with Crippen molar-refractivity contribution in [2.24, 2.45) is 5.73 Å². The molecular weight excluding hydrogens is 212 g/mol. The first kappa shape index (κ1) is 8.59. The molecule has 0 bridgehead atoms. The van der Waals surface area contributed by atoms with E-state index in [1.54, 1.807) is 22.7 Å². The summed E-state index contributed by atoms with van der Waals surface area (Å²) in [6.45, 7) is 0. The lowest BCUT2D eigenvalue weighted by molar-refractivity contribution is 0.715. The van der Waals surface area contributed by atoms with Crippen LogP contribution in [0.2, 0.25) is 0 Å². The highest BCUT2D eigenvalue weighted by Gasteiger charge is 2.42. The summed E-state index contributed by atoms with van der Waals surface area (Å²) in [7, 11) is 0. The standard InChI is InChI=1S/C10H10N2S2/c11-10(2-3-10)8-6-14-9(12-8)7-1-4-13-5-7/h1,4-6H,2-3,11H2. The third-order valence-electron chi connectivity index (χ3n) is 2.57. The van der Waals surface area contributed by atoms with E-state index in [0.29, 0.717) is 0 Å². The Morgan fingerprint density at radius 3 is 2.86 bits per heavy atom. The Morgan fingerprint density at radius 2 is 2.21 bits per heavy atom. The SMILES string of the molecule is NC1(c2csc(-c3ccsc3)n2)CC1. The molecule has 4 heteroatoms. The van der Waals surface area contributed by atoms with E-state index >= 15 is 0 Å². The van der Waals surface area contributed by atoms with Crippen LogP contribution >= 0.6 is 22.7 Å². The zero-order valence-electron chi connectivity index (χ0n) is 7.56. The Balaban J connectivity index is 1.98. The number of aromatic nitrogens is 1. The van der Waals surface area contributed by atoms with Gasteiger partial charge in [-0.3, -0.25) is 0 Å². The smallest absolute Gasteiger partial charge is 0.124 e. The molecule has 2 heterocycles. The van der Waals surface area contributed by atoms with Gasteiger partial charge in [-0.25, -0.2) is 4.98 Å². The second-order valence-corrected chi connectivity index (χ2v) is 5.34. The van der Waals surface area contributed by atoms with Crippen LogP contribution in [0.25, 0.3) is 10.6 Å². The Bertz CT molecular complexity index is 440. The molecule has 0 unspecified atom stereocenters. The molecule has 2 aromatic rings. The minimum atomic E-state index is -0.0925. The van der Waals surface area contributed by atoms with Crippen LogP contribution in [0.1, 0.15) is 18.5 Å². The molecule has 0 saturated heterocycles. The van der Waals surface area contributed by atoms with Gasteiger partial charge in [0.25, 0.3) is 0 Å². The predicted octanol–water partition coefficient (Wildman–Crippen LogP) is 2.82. The van der Waals surface area contributed by atoms with Crippen LogP contribution < -0.4 is 5.73 Å². The Morgan fingerprint density at radius 1 is 1.36 bits per heavy atom. The van der Waals surface area contributed by atoms with Crippen LogP contribution in [-0.4, -0.2) is 4.98 Å². The summed E-state index contributed by atoms with van der Waals surface area (Å²) in [5.74, 6) is 0. The molecule has 14 heavy (non-hydrogen) atoms. The second kappa shape index (κ2) is 2.89. The Hall–Kier alpha value is -0.710. The van der Waals surface area contributed by atoms with Gasteiger partial charge >= 0.3 is 0 Å². The number of hydrogen-bond acceptors (Lipinski definition) is 4. The van der Waals surface area contributed by atoms with Crippen LogP contribution in [0, 0.1) is 0 Å². The van der Waals surface area contributed by atoms with Crippen molar-refractivity contribution in [3.05, 3.63) is 27.9 Å². The fourth-order valence-electron chi connectivity index (χ4n) is 1.41. The highest BCUT2D eigenvalue weighted by Crippen LogP contribution is 2.43. The second-order valence-electron chi connectivity index (χ2n) is 3.71. The lowest BCUT2D eigenvalue weighted by Gasteiger charge is -2.01. The topological polar surface area (TPSA) is 38.9 Å². The maximum Gasteiger partial charge on any atom is 0.124 e. The summed E-state index contributed by atoms with van der Waals surface area (Å²) in [5, 5.41) is 7.39. The molecular formula is C10H10N2S2. The third kappa shape index (κ3) is 1.30. The van der Waals surface area contributed by atoms with E-state index < -0.39 is 0 Å². The molecule has 1 aliphatic rings. The van der Waals surface area contributed by atoms with Gasteiger partial charge in [-0.1, -0.05) is 0 Å². The minimum Gasteiger partial charge on any atom is -0.320 e. The van der Waals surface area contributed by atoms with Gasteiger partial charge in [0.2, 0.25) is 0 Å². The van der Waals surface area contributed by atoms with Gasteiger partial charge in [-0.05, 0) is 24.3 Å². The number of rotatable bonds is 2. The maximum atomic E-state index is 6.08. The summed E-state index contributed by atoms with van der Waals surface area (Å²) in [4.78, 5) is 4.59. The van der Waals surface area contributed by atoms with E-state index in [1.807, 2.05) is 0 Å². The van der Waals surface area contributed by atoms with Crippen LogP contribution in [0.3, 0.4) is 0 Å². The van der Waals surface area contributed by atoms with Gasteiger partial charge in [0.1, 0.15) is 5.01 Å². The summed E-state index contributed by atoms with van der Waals surface area (Å²) < 4.78 is 0. The molecule has 72 valence electrons. The van der Waals surface area contributed by atoms with Gasteiger partial charge in [0, 0.05) is 16.3 Å². The van der Waals surface area contributed by atoms with Crippen molar-refractivity contribution >= 4 is 22.7 Å². The average molecular weight is 222 g/mol. The minimum absolute atomic E-state index is 0.0925. The van der Waals surface area contributed by atoms with Crippen molar-refractivity contribution < 1.29 is 0 Å². The molecule has 0 aliphatic heterocycles. The summed E-state index contributed by atoms with van der Waals surface area (Å²) in [6, 6.07) is 2.10. The summed E-state index contributed by atoms with van der Waals surface area (Å²) in [5.41, 5.74) is 8.28. The van der Waals surface area contributed by atoms with E-state index in [2.05, 4.69) is 27.2 Å². The van der Waals surface area contributed by atoms with E-state index in [-0.39, 0.29) is 5.54 Å². The quantitative estimate of drug-likeness (QED) is 0.848. The van der Waals surface area contributed by atoms with Crippen molar-refractivity contribution in [3.63, 3.8) is 0 Å². The largest absolute Gasteiger partial charge is 0.320 e. The molecule has 1 fully saturated rings. The van der Waals surface area contributed by atoms with Gasteiger partial charge in [-0.2, -0.15) is 11.3 Å². The van der Waals surface area contributed by atoms with Crippen LogP contribution in [-0.2, 0) is 5.54 Å². The van der Waals surface area contributed by atoms with E-state index in [4.69, 9.17) is 5.73 Å². The van der Waals surface area contributed by atoms with Crippen molar-refractivity contribution in [1.29, 1.82) is 0 Å². The van der Waals surface area contributed by atoms with Crippen molar-refractivity contribution in [1.82, 2.24) is 4.98 Å². The fourth-order valence-corrected chi connectivity index (χ4v) is 3.05. The number of nitrogens with two attached hydrogens (primary N) is 1. The zero-order valence-corrected chi connectivity index (χ0v) is 9.20. The first-order valence-corrected chi connectivity index (χ1v) is 6.38. The van der Waals surface area contributed by atoms with Crippen molar-refractivity contribution in [2.75, 3.05) is 0 Å². The maximum absolute atomic E-state index is 6.08. The molecule has 0 spiro atoms. The van der Waals surface area contributed by atoms with E-state index in [1.165, 1.54) is 5.56 Å². The molecule has 0 amide bonds. The van der Waals surface area contributed by atoms with Crippen molar-refractivity contribution in [3.8, 4) is 10.6 Å². The number of thiazole rings is 1. The molecule has 2 N–H and O–H groups in total. The number of thiophene rings is 1. The van der Waals surface area contributed by atoms with Gasteiger partial charge < -0.3 is 5.73 Å². The lowest BCUT2D eigenvalue weighted by atomic mass is 10.2. The van der Waals surface area contributed by atoms with E-state index in [0.717, 1.165) is 23.5 Å². The molecule has 0 radical (unpaired) electrons. The van der Waals surface area contributed by atoms with E-state index in [9.17, 15) is 0 Å². The predicted molar refractivity (Wildman–Crippen MR) is 60.5 cm³/mol. The zero-order chi connectivity index (χ0) is 9.60. The highest BCUT2D eigenvalue weighted by atomic mass is 32.1. The lowest BCUT2D eigenvalue weighted by Crippen LogP contribution is -2.18. The monoisotopic (exact) mass is 222 g/mol. The molecule has 2 nitrogen and oxygen atoms in total. The summed E-state index contributed by atoms with van der Waals surface area (Å²) >= 11 is 3.39. The van der Waals surface area contributed by atoms with Gasteiger partial charge in [0.05, 0.1) is 11.2 Å². The fraction of sp³-hybridized carbons (Fsp3) is 0.300. The molecule has 3 rings (SSSR count). The summed E-state index contributed by atoms with van der Waals surface area (Å²) in [6.07, 6.45) is 2.17. The highest BCUT2D eigenvalue weighted by molar-refractivity contribution is 7.14. The Labute approximate surface area is 90.4 Å². The first-order valence-electron chi connectivity index (χ1n) is 4.55. The van der Waals surface area contributed by atoms with Gasteiger partial charge in [-0.15, -0.1) is 11.3 Å². The number of hydrogen-bond donors (Lipinski definition) is 1. The van der Waals surface area contributed by atoms with Crippen LogP contribution in [0.4, 0.5) is 0 Å². The number of nitrogens with zero attached hydrogens (tertiary/aromatic N) is 1. The first-order chi connectivity index (χ1) is 6.78. The Kier molecular flexibility index (Phi) is 1.77. The van der Waals surface area contributed by atoms with Gasteiger partial charge in [0.15, 0.2) is 0 Å². The van der Waals surface area contributed by atoms with Crippen LogP contribution in [0.5, 0.6) is 0 Å². The third-order valence-corrected chi connectivity index (χ3v) is 4.15. The molecule has 1 saturated carbocycles.